The fourth-order valence-corrected chi connectivity index (χ4v) is 4.19. The lowest BCUT2D eigenvalue weighted by Crippen LogP contribution is -2.25. The van der Waals surface area contributed by atoms with Crippen LogP contribution in [0.25, 0.3) is 0 Å². The number of nitrogens with one attached hydrogen (secondary N) is 1. The molecule has 0 spiro atoms. The van der Waals surface area contributed by atoms with Gasteiger partial charge in [0.25, 0.3) is 5.91 Å². The van der Waals surface area contributed by atoms with Crippen molar-refractivity contribution in [2.75, 3.05) is 19.0 Å². The molecule has 0 atom stereocenters. The molecule has 0 saturated heterocycles. The van der Waals surface area contributed by atoms with Crippen LogP contribution in [0.5, 0.6) is 0 Å². The number of amides is 1. The molecule has 2 heterocycles. The van der Waals surface area contributed by atoms with Gasteiger partial charge in [-0.2, -0.15) is 4.73 Å². The van der Waals surface area contributed by atoms with Crippen molar-refractivity contribution in [3.63, 3.8) is 0 Å². The van der Waals surface area contributed by atoms with Crippen LogP contribution in [0.15, 0.2) is 24.5 Å². The molecule has 8 nitrogen and oxygen atoms in total. The Kier molecular flexibility index (Phi) is 5.70. The topological polar surface area (TPSA) is 109 Å². The average Bonchev–Trinajstić information content (AvgIpc) is 3.03. The number of carbonyl (C=O) groups is 3. The van der Waals surface area contributed by atoms with Crippen LogP contribution >= 0.6 is 11.3 Å². The fourth-order valence-electron chi connectivity index (χ4n) is 2.90. The standard InChI is InChI=1S/C18H18N2O6S/c1-25-18(23)15-12-4-2-3-5-13(12)27-16(15)19-14(21)10-26-17(22)11-6-8-20(24)9-7-11/h6-9H,2-5,10H2,1H3,(H,19,21). The number of pyridine rings is 1. The van der Waals surface area contributed by atoms with E-state index in [0.29, 0.717) is 15.3 Å². The summed E-state index contributed by atoms with van der Waals surface area (Å²) in [4.78, 5) is 37.3. The second kappa shape index (κ2) is 8.17. The van der Waals surface area contributed by atoms with E-state index in [0.717, 1.165) is 48.5 Å². The molecule has 0 fully saturated rings. The maximum Gasteiger partial charge on any atom is 0.341 e. The number of rotatable bonds is 5. The largest absolute Gasteiger partial charge is 0.619 e. The highest BCUT2D eigenvalue weighted by molar-refractivity contribution is 7.17. The molecular weight excluding hydrogens is 372 g/mol. The van der Waals surface area contributed by atoms with Gasteiger partial charge in [-0.3, -0.25) is 4.79 Å². The van der Waals surface area contributed by atoms with Crippen molar-refractivity contribution in [3.05, 3.63) is 51.3 Å². The minimum absolute atomic E-state index is 0.164. The summed E-state index contributed by atoms with van der Waals surface area (Å²) < 4.78 is 10.3. The number of fused-ring (bicyclic) bond motifs is 1. The van der Waals surface area contributed by atoms with Crippen LogP contribution in [0.1, 0.15) is 44.0 Å². The van der Waals surface area contributed by atoms with Crippen LogP contribution in [0.2, 0.25) is 0 Å². The predicted molar refractivity (Wildman–Crippen MR) is 96.6 cm³/mol. The van der Waals surface area contributed by atoms with E-state index >= 15 is 0 Å². The lowest BCUT2D eigenvalue weighted by molar-refractivity contribution is -0.605. The minimum Gasteiger partial charge on any atom is -0.619 e. The number of esters is 2. The van der Waals surface area contributed by atoms with E-state index < -0.39 is 24.5 Å². The third-order valence-electron chi connectivity index (χ3n) is 4.19. The van der Waals surface area contributed by atoms with Gasteiger partial charge in [0.2, 0.25) is 0 Å². The van der Waals surface area contributed by atoms with Gasteiger partial charge in [0.05, 0.1) is 18.2 Å². The van der Waals surface area contributed by atoms with Crippen molar-refractivity contribution in [2.24, 2.45) is 0 Å². The Morgan fingerprint density at radius 1 is 1.19 bits per heavy atom. The van der Waals surface area contributed by atoms with Gasteiger partial charge in [0, 0.05) is 17.0 Å². The van der Waals surface area contributed by atoms with Crippen molar-refractivity contribution in [1.29, 1.82) is 0 Å². The number of carbonyl (C=O) groups excluding carboxylic acids is 3. The summed E-state index contributed by atoms with van der Waals surface area (Å²) in [5.74, 6) is -1.76. The first-order valence-electron chi connectivity index (χ1n) is 8.38. The molecule has 1 amide bonds. The third-order valence-corrected chi connectivity index (χ3v) is 5.39. The summed E-state index contributed by atoms with van der Waals surface area (Å²) in [5.41, 5.74) is 1.48. The van der Waals surface area contributed by atoms with Crippen LogP contribution < -0.4 is 10.0 Å². The van der Waals surface area contributed by atoms with Crippen molar-refractivity contribution < 1.29 is 28.6 Å². The number of aryl methyl sites for hydroxylation is 1. The zero-order valence-electron chi connectivity index (χ0n) is 14.6. The average molecular weight is 390 g/mol. The van der Waals surface area contributed by atoms with Gasteiger partial charge >= 0.3 is 11.9 Å². The highest BCUT2D eigenvalue weighted by Gasteiger charge is 2.27. The summed E-state index contributed by atoms with van der Waals surface area (Å²) in [6, 6.07) is 2.60. The SMILES string of the molecule is COC(=O)c1c(NC(=O)COC(=O)c2cc[n+]([O-])cc2)sc2c1CCCC2. The highest BCUT2D eigenvalue weighted by atomic mass is 32.1. The maximum atomic E-state index is 12.2. The molecule has 2 aromatic rings. The zero-order chi connectivity index (χ0) is 19.4. The van der Waals surface area contributed by atoms with Crippen LogP contribution in [-0.2, 0) is 27.1 Å². The summed E-state index contributed by atoms with van der Waals surface area (Å²) in [6.45, 7) is -0.506. The Morgan fingerprint density at radius 3 is 2.59 bits per heavy atom. The first kappa shape index (κ1) is 18.8. The Bertz CT molecular complexity index is 875. The highest BCUT2D eigenvalue weighted by Crippen LogP contribution is 2.38. The normalized spacial score (nSPS) is 12.8. The molecule has 9 heteroatoms. The van der Waals surface area contributed by atoms with Gasteiger partial charge in [-0.1, -0.05) is 0 Å². The fraction of sp³-hybridized carbons (Fsp3) is 0.333. The maximum absolute atomic E-state index is 12.2. The number of anilines is 1. The minimum atomic E-state index is -0.718. The van der Waals surface area contributed by atoms with Gasteiger partial charge in [-0.15, -0.1) is 11.3 Å². The van der Waals surface area contributed by atoms with Crippen molar-refractivity contribution in [1.82, 2.24) is 0 Å². The number of hydrogen-bond donors (Lipinski definition) is 1. The Balaban J connectivity index is 1.67. The second-order valence-electron chi connectivity index (χ2n) is 5.98. The van der Waals surface area contributed by atoms with E-state index in [-0.39, 0.29) is 5.56 Å². The van der Waals surface area contributed by atoms with Crippen molar-refractivity contribution in [3.8, 4) is 0 Å². The Hall–Kier alpha value is -2.94. The van der Waals surface area contributed by atoms with Crippen LogP contribution in [-0.4, -0.2) is 31.6 Å². The molecule has 0 unspecified atom stereocenters. The molecule has 0 radical (unpaired) electrons. The molecule has 0 saturated carbocycles. The zero-order valence-corrected chi connectivity index (χ0v) is 15.5. The molecule has 0 bridgehead atoms. The molecule has 142 valence electrons. The van der Waals surface area contributed by atoms with Crippen LogP contribution in [0, 0.1) is 5.21 Å². The van der Waals surface area contributed by atoms with E-state index in [1.807, 2.05) is 0 Å². The monoisotopic (exact) mass is 390 g/mol. The van der Waals surface area contributed by atoms with E-state index in [1.54, 1.807) is 0 Å². The summed E-state index contributed by atoms with van der Waals surface area (Å²) in [7, 11) is 1.30. The predicted octanol–water partition coefficient (Wildman–Crippen LogP) is 1.84. The van der Waals surface area contributed by atoms with Gasteiger partial charge in [0.15, 0.2) is 19.0 Å². The van der Waals surface area contributed by atoms with Crippen LogP contribution in [0.3, 0.4) is 0 Å². The van der Waals surface area contributed by atoms with E-state index in [4.69, 9.17) is 9.47 Å². The number of aromatic nitrogens is 1. The summed E-state index contributed by atoms with van der Waals surface area (Å²) in [5, 5.41) is 14.0. The lowest BCUT2D eigenvalue weighted by Gasteiger charge is -2.11. The number of nitrogens with zero attached hydrogens (tertiary/aromatic N) is 1. The van der Waals surface area contributed by atoms with Gasteiger partial charge < -0.3 is 20.0 Å². The lowest BCUT2D eigenvalue weighted by atomic mass is 9.95. The quantitative estimate of drug-likeness (QED) is 0.474. The molecule has 2 aromatic heterocycles. The van der Waals surface area contributed by atoms with Gasteiger partial charge in [0.1, 0.15) is 5.00 Å². The number of thiophene rings is 1. The molecule has 27 heavy (non-hydrogen) atoms. The van der Waals surface area contributed by atoms with Crippen LogP contribution in [0.4, 0.5) is 5.00 Å². The summed E-state index contributed by atoms with van der Waals surface area (Å²) in [6.07, 6.45) is 5.99. The smallest absolute Gasteiger partial charge is 0.341 e. The molecule has 0 aromatic carbocycles. The summed E-state index contributed by atoms with van der Waals surface area (Å²) >= 11 is 1.36. The molecule has 1 N–H and O–H groups in total. The Labute approximate surface area is 159 Å². The first-order chi connectivity index (χ1) is 13.0. The van der Waals surface area contributed by atoms with E-state index in [2.05, 4.69) is 5.32 Å². The molecular formula is C18H18N2O6S. The van der Waals surface area contributed by atoms with Crippen molar-refractivity contribution in [2.45, 2.75) is 25.7 Å². The van der Waals surface area contributed by atoms with Crippen molar-refractivity contribution >= 4 is 34.2 Å². The molecule has 1 aliphatic rings. The second-order valence-corrected chi connectivity index (χ2v) is 7.08. The van der Waals surface area contributed by atoms with Gasteiger partial charge in [-0.25, -0.2) is 9.59 Å². The third kappa shape index (κ3) is 4.25. The Morgan fingerprint density at radius 2 is 1.89 bits per heavy atom. The van der Waals surface area contributed by atoms with E-state index in [1.165, 1.54) is 30.6 Å². The van der Waals surface area contributed by atoms with Gasteiger partial charge in [-0.05, 0) is 31.2 Å². The number of hydrogen-bond acceptors (Lipinski definition) is 7. The number of methoxy groups -OCH3 is 1. The first-order valence-corrected chi connectivity index (χ1v) is 9.20. The molecule has 0 aliphatic heterocycles. The molecule has 3 rings (SSSR count). The van der Waals surface area contributed by atoms with E-state index in [9.17, 15) is 19.6 Å². The number of ether oxygens (including phenoxy) is 2. The molecule has 1 aliphatic carbocycles.